The number of nitrogens with zero attached hydrogens (tertiary/aromatic N) is 3. The Morgan fingerprint density at radius 3 is 3.04 bits per heavy atom. The molecule has 1 unspecified atom stereocenters. The quantitative estimate of drug-likeness (QED) is 0.622. The van der Waals surface area contributed by atoms with E-state index in [0.29, 0.717) is 0 Å². The van der Waals surface area contributed by atoms with Gasteiger partial charge in [-0.3, -0.25) is 9.88 Å². The fourth-order valence-corrected chi connectivity index (χ4v) is 3.67. The molecular formula is C20H18N4O. The van der Waals surface area contributed by atoms with Crippen molar-refractivity contribution in [1.29, 1.82) is 0 Å². The Hall–Kier alpha value is -2.92. The van der Waals surface area contributed by atoms with Crippen molar-refractivity contribution in [3.8, 4) is 0 Å². The zero-order valence-electron chi connectivity index (χ0n) is 13.7. The van der Waals surface area contributed by atoms with Gasteiger partial charge in [-0.15, -0.1) is 0 Å². The number of aromatic amines is 1. The van der Waals surface area contributed by atoms with Crippen LogP contribution >= 0.6 is 0 Å². The molecule has 0 bridgehead atoms. The lowest BCUT2D eigenvalue weighted by atomic mass is 9.99. The molecule has 4 heterocycles. The molecule has 0 aliphatic carbocycles. The highest BCUT2D eigenvalue weighted by molar-refractivity contribution is 5.78. The third-order valence-corrected chi connectivity index (χ3v) is 4.85. The third-order valence-electron chi connectivity index (χ3n) is 4.85. The predicted octanol–water partition coefficient (Wildman–Crippen LogP) is 3.70. The molecule has 5 nitrogen and oxygen atoms in total. The molecule has 5 heteroatoms. The van der Waals surface area contributed by atoms with E-state index in [0.717, 1.165) is 41.9 Å². The number of imidazole rings is 1. The number of nitrogens with one attached hydrogen (secondary N) is 1. The standard InChI is InChI=1S/C20H18N4O/c1-2-6-17-15(5-1)10-18(25-17)20-19-16(22-13-23-19)7-9-24(20)12-14-4-3-8-21-11-14/h1-6,8,10-11,13,20H,7,9,12H2,(H,22,23). The van der Waals surface area contributed by atoms with Gasteiger partial charge in [0.1, 0.15) is 17.4 Å². The van der Waals surface area contributed by atoms with Crippen molar-refractivity contribution in [2.75, 3.05) is 6.54 Å². The summed E-state index contributed by atoms with van der Waals surface area (Å²) in [7, 11) is 0. The number of hydrogen-bond donors (Lipinski definition) is 1. The topological polar surface area (TPSA) is 58.0 Å². The van der Waals surface area contributed by atoms with Gasteiger partial charge in [-0.2, -0.15) is 0 Å². The Balaban J connectivity index is 1.58. The third kappa shape index (κ3) is 2.53. The Labute approximate surface area is 145 Å². The summed E-state index contributed by atoms with van der Waals surface area (Å²) in [6, 6.07) is 14.4. The van der Waals surface area contributed by atoms with Crippen molar-refractivity contribution in [2.24, 2.45) is 0 Å². The number of fused-ring (bicyclic) bond motifs is 2. The summed E-state index contributed by atoms with van der Waals surface area (Å²) in [6.45, 7) is 1.77. The Morgan fingerprint density at radius 1 is 1.20 bits per heavy atom. The van der Waals surface area contributed by atoms with E-state index in [1.807, 2.05) is 36.7 Å². The average Bonchev–Trinajstić information content (AvgIpc) is 3.28. The predicted molar refractivity (Wildman–Crippen MR) is 95.0 cm³/mol. The van der Waals surface area contributed by atoms with Crippen molar-refractivity contribution in [2.45, 2.75) is 19.0 Å². The summed E-state index contributed by atoms with van der Waals surface area (Å²) in [5.41, 5.74) is 4.38. The van der Waals surface area contributed by atoms with E-state index in [4.69, 9.17) is 4.42 Å². The highest BCUT2D eigenvalue weighted by atomic mass is 16.3. The van der Waals surface area contributed by atoms with Gasteiger partial charge in [0.05, 0.1) is 12.0 Å². The molecule has 1 aromatic carbocycles. The van der Waals surface area contributed by atoms with E-state index in [2.05, 4.69) is 38.1 Å². The number of benzene rings is 1. The minimum absolute atomic E-state index is 0.0163. The second-order valence-corrected chi connectivity index (χ2v) is 6.44. The number of furan rings is 1. The lowest BCUT2D eigenvalue weighted by Crippen LogP contribution is -2.35. The molecule has 0 amide bonds. The van der Waals surface area contributed by atoms with Crippen molar-refractivity contribution >= 4 is 11.0 Å². The highest BCUT2D eigenvalue weighted by Crippen LogP contribution is 2.36. The van der Waals surface area contributed by atoms with Gasteiger partial charge in [0, 0.05) is 43.0 Å². The lowest BCUT2D eigenvalue weighted by molar-refractivity contribution is 0.181. The van der Waals surface area contributed by atoms with Crippen LogP contribution in [0.5, 0.6) is 0 Å². The second kappa shape index (κ2) is 5.86. The molecule has 4 aromatic rings. The van der Waals surface area contributed by atoms with Crippen LogP contribution in [0.1, 0.15) is 28.8 Å². The molecule has 25 heavy (non-hydrogen) atoms. The molecule has 1 atom stereocenters. The number of aromatic nitrogens is 3. The summed E-state index contributed by atoms with van der Waals surface area (Å²) in [5, 5.41) is 1.13. The first-order chi connectivity index (χ1) is 12.4. The monoisotopic (exact) mass is 330 g/mol. The SMILES string of the molecule is c1cncc(CN2CCc3[nH]cnc3C2c2cc3ccccc3o2)c1. The molecule has 0 radical (unpaired) electrons. The molecular weight excluding hydrogens is 312 g/mol. The largest absolute Gasteiger partial charge is 0.459 e. The first-order valence-electron chi connectivity index (χ1n) is 8.52. The zero-order valence-corrected chi connectivity index (χ0v) is 13.7. The maximum absolute atomic E-state index is 6.19. The number of rotatable bonds is 3. The molecule has 0 spiro atoms. The van der Waals surface area contributed by atoms with Crippen LogP contribution in [0.2, 0.25) is 0 Å². The van der Waals surface area contributed by atoms with Gasteiger partial charge >= 0.3 is 0 Å². The lowest BCUT2D eigenvalue weighted by Gasteiger charge is -2.33. The first kappa shape index (κ1) is 14.4. The van der Waals surface area contributed by atoms with Crippen LogP contribution in [0.15, 0.2) is 65.6 Å². The number of H-pyrrole nitrogens is 1. The van der Waals surface area contributed by atoms with Crippen LogP contribution in [0.4, 0.5) is 0 Å². The fraction of sp³-hybridized carbons (Fsp3) is 0.200. The van der Waals surface area contributed by atoms with Crippen molar-refractivity contribution in [3.63, 3.8) is 0 Å². The van der Waals surface area contributed by atoms with Gasteiger partial charge in [0.25, 0.3) is 0 Å². The average molecular weight is 330 g/mol. The van der Waals surface area contributed by atoms with Crippen molar-refractivity contribution < 1.29 is 4.42 Å². The van der Waals surface area contributed by atoms with Crippen LogP contribution < -0.4 is 0 Å². The molecule has 1 aliphatic heterocycles. The van der Waals surface area contributed by atoms with Crippen LogP contribution in [0.3, 0.4) is 0 Å². The van der Waals surface area contributed by atoms with Gasteiger partial charge in [0.2, 0.25) is 0 Å². The summed E-state index contributed by atoms with van der Waals surface area (Å²) in [4.78, 5) is 14.5. The maximum atomic E-state index is 6.19. The van der Waals surface area contributed by atoms with E-state index in [1.165, 1.54) is 11.3 Å². The van der Waals surface area contributed by atoms with Gasteiger partial charge < -0.3 is 9.40 Å². The summed E-state index contributed by atoms with van der Waals surface area (Å²) in [5.74, 6) is 0.943. The molecule has 1 aliphatic rings. The second-order valence-electron chi connectivity index (χ2n) is 6.44. The summed E-state index contributed by atoms with van der Waals surface area (Å²) < 4.78 is 6.19. The smallest absolute Gasteiger partial charge is 0.134 e. The fourth-order valence-electron chi connectivity index (χ4n) is 3.67. The van der Waals surface area contributed by atoms with Crippen LogP contribution in [-0.4, -0.2) is 26.4 Å². The van der Waals surface area contributed by atoms with Gasteiger partial charge in [0.15, 0.2) is 0 Å². The Morgan fingerprint density at radius 2 is 2.16 bits per heavy atom. The molecule has 124 valence electrons. The van der Waals surface area contributed by atoms with E-state index >= 15 is 0 Å². The van der Waals surface area contributed by atoms with Gasteiger partial charge in [-0.05, 0) is 23.8 Å². The van der Waals surface area contributed by atoms with E-state index in [9.17, 15) is 0 Å². The van der Waals surface area contributed by atoms with Crippen LogP contribution in [0.25, 0.3) is 11.0 Å². The molecule has 3 aromatic heterocycles. The highest BCUT2D eigenvalue weighted by Gasteiger charge is 2.33. The number of pyridine rings is 1. The van der Waals surface area contributed by atoms with Gasteiger partial charge in [-0.1, -0.05) is 24.3 Å². The number of para-hydroxylation sites is 1. The molecule has 0 saturated carbocycles. The Bertz CT molecular complexity index is 972. The van der Waals surface area contributed by atoms with Crippen molar-refractivity contribution in [3.05, 3.63) is 83.9 Å². The minimum Gasteiger partial charge on any atom is -0.459 e. The molecule has 0 fully saturated rings. The molecule has 1 N–H and O–H groups in total. The first-order valence-corrected chi connectivity index (χ1v) is 8.52. The molecule has 0 saturated heterocycles. The Kier molecular flexibility index (Phi) is 3.38. The molecule has 5 rings (SSSR count). The minimum atomic E-state index is 0.0163. The zero-order chi connectivity index (χ0) is 16.6. The normalized spacial score (nSPS) is 17.7. The maximum Gasteiger partial charge on any atom is 0.134 e. The van der Waals surface area contributed by atoms with E-state index in [1.54, 1.807) is 6.33 Å². The van der Waals surface area contributed by atoms with E-state index in [-0.39, 0.29) is 6.04 Å². The van der Waals surface area contributed by atoms with Crippen LogP contribution in [-0.2, 0) is 13.0 Å². The summed E-state index contributed by atoms with van der Waals surface area (Å²) in [6.07, 6.45) is 6.48. The van der Waals surface area contributed by atoms with E-state index < -0.39 is 0 Å². The van der Waals surface area contributed by atoms with Gasteiger partial charge in [-0.25, -0.2) is 4.98 Å². The number of hydrogen-bond acceptors (Lipinski definition) is 4. The van der Waals surface area contributed by atoms with Crippen LogP contribution in [0, 0.1) is 0 Å². The van der Waals surface area contributed by atoms with Crippen molar-refractivity contribution in [1.82, 2.24) is 19.9 Å². The summed E-state index contributed by atoms with van der Waals surface area (Å²) >= 11 is 0.